The van der Waals surface area contributed by atoms with Crippen LogP contribution in [-0.2, 0) is 11.2 Å². The van der Waals surface area contributed by atoms with Crippen molar-refractivity contribution >= 4 is 17.5 Å². The van der Waals surface area contributed by atoms with Gasteiger partial charge in [0.15, 0.2) is 0 Å². The molecule has 0 bridgehead atoms. The predicted octanol–water partition coefficient (Wildman–Crippen LogP) is 2.85. The molecule has 0 saturated carbocycles. The van der Waals surface area contributed by atoms with Crippen molar-refractivity contribution in [1.82, 2.24) is 4.90 Å². The van der Waals surface area contributed by atoms with Crippen molar-refractivity contribution < 1.29 is 4.79 Å². The van der Waals surface area contributed by atoms with Crippen LogP contribution in [0.4, 0.5) is 0 Å². The zero-order valence-corrected chi connectivity index (χ0v) is 10.7. The van der Waals surface area contributed by atoms with Crippen molar-refractivity contribution in [2.24, 2.45) is 0 Å². The Labute approximate surface area is 108 Å². The van der Waals surface area contributed by atoms with E-state index in [0.717, 1.165) is 24.9 Å². The zero-order valence-electron chi connectivity index (χ0n) is 9.94. The van der Waals surface area contributed by atoms with Crippen molar-refractivity contribution in [2.45, 2.75) is 31.7 Å². The Morgan fingerprint density at radius 3 is 2.76 bits per heavy atom. The molecule has 0 N–H and O–H groups in total. The highest BCUT2D eigenvalue weighted by Gasteiger charge is 2.25. The lowest BCUT2D eigenvalue weighted by molar-refractivity contribution is -0.133. The summed E-state index contributed by atoms with van der Waals surface area (Å²) in [7, 11) is 0. The summed E-state index contributed by atoms with van der Waals surface area (Å²) in [5.41, 5.74) is 1.08. The number of alkyl halides is 1. The largest absolute Gasteiger partial charge is 0.338 e. The number of carbonyl (C=O) groups excluding carboxylic acids is 1. The first kappa shape index (κ1) is 12.4. The fourth-order valence-corrected chi connectivity index (χ4v) is 2.68. The number of carbonyl (C=O) groups is 1. The molecule has 1 amide bonds. The Kier molecular flexibility index (Phi) is 4.43. The molecular formula is C14H18ClNO. The van der Waals surface area contributed by atoms with E-state index >= 15 is 0 Å². The van der Waals surface area contributed by atoms with Gasteiger partial charge >= 0.3 is 0 Å². The van der Waals surface area contributed by atoms with E-state index in [2.05, 4.69) is 0 Å². The van der Waals surface area contributed by atoms with Crippen LogP contribution in [0.3, 0.4) is 0 Å². The summed E-state index contributed by atoms with van der Waals surface area (Å²) in [6, 6.07) is 10.1. The summed E-state index contributed by atoms with van der Waals surface area (Å²) >= 11 is 5.93. The van der Waals surface area contributed by atoms with Gasteiger partial charge in [0.25, 0.3) is 0 Å². The van der Waals surface area contributed by atoms with E-state index in [1.807, 2.05) is 35.2 Å². The van der Waals surface area contributed by atoms with Crippen LogP contribution in [0.5, 0.6) is 0 Å². The highest BCUT2D eigenvalue weighted by Crippen LogP contribution is 2.19. The van der Waals surface area contributed by atoms with Crippen LogP contribution < -0.4 is 0 Å². The maximum atomic E-state index is 12.2. The smallest absolute Gasteiger partial charge is 0.227 e. The number of nitrogens with zero attached hydrogens (tertiary/aromatic N) is 1. The van der Waals surface area contributed by atoms with E-state index < -0.39 is 0 Å². The third-order valence-electron chi connectivity index (χ3n) is 3.32. The first-order chi connectivity index (χ1) is 8.31. The van der Waals surface area contributed by atoms with Crippen LogP contribution in [0, 0.1) is 0 Å². The molecular weight excluding hydrogens is 234 g/mol. The number of piperidine rings is 1. The average molecular weight is 252 g/mol. The Balaban J connectivity index is 1.99. The molecule has 2 rings (SSSR count). The van der Waals surface area contributed by atoms with Crippen molar-refractivity contribution in [1.29, 1.82) is 0 Å². The number of halogens is 1. The SMILES string of the molecule is O=C(Cc1ccccc1)N1CCCC[C@H]1CCl. The van der Waals surface area contributed by atoms with Crippen molar-refractivity contribution in [3.8, 4) is 0 Å². The summed E-state index contributed by atoms with van der Waals surface area (Å²) in [4.78, 5) is 14.2. The van der Waals surface area contributed by atoms with Crippen LogP contribution in [0.2, 0.25) is 0 Å². The van der Waals surface area contributed by atoms with Crippen LogP contribution in [0.15, 0.2) is 30.3 Å². The molecule has 1 aliphatic rings. The maximum absolute atomic E-state index is 12.2. The number of hydrogen-bond donors (Lipinski definition) is 0. The number of likely N-dealkylation sites (tertiary alicyclic amines) is 1. The molecule has 0 spiro atoms. The Morgan fingerprint density at radius 1 is 1.29 bits per heavy atom. The van der Waals surface area contributed by atoms with Gasteiger partial charge in [-0.25, -0.2) is 0 Å². The van der Waals surface area contributed by atoms with Gasteiger partial charge in [0, 0.05) is 18.5 Å². The van der Waals surface area contributed by atoms with Crippen molar-refractivity contribution in [3.63, 3.8) is 0 Å². The molecule has 17 heavy (non-hydrogen) atoms. The lowest BCUT2D eigenvalue weighted by atomic mass is 10.0. The molecule has 1 heterocycles. The Hall–Kier alpha value is -1.02. The molecule has 0 aromatic heterocycles. The van der Waals surface area contributed by atoms with Crippen molar-refractivity contribution in [3.05, 3.63) is 35.9 Å². The normalized spacial score (nSPS) is 20.3. The minimum Gasteiger partial charge on any atom is -0.338 e. The quantitative estimate of drug-likeness (QED) is 0.757. The van der Waals surface area contributed by atoms with E-state index in [4.69, 9.17) is 11.6 Å². The van der Waals surface area contributed by atoms with Gasteiger partial charge < -0.3 is 4.90 Å². The van der Waals surface area contributed by atoms with Crippen LogP contribution in [0.1, 0.15) is 24.8 Å². The first-order valence-corrected chi connectivity index (χ1v) is 6.74. The fourth-order valence-electron chi connectivity index (χ4n) is 2.36. The van der Waals surface area contributed by atoms with Crippen LogP contribution >= 0.6 is 11.6 Å². The highest BCUT2D eigenvalue weighted by molar-refractivity contribution is 6.18. The molecule has 1 aromatic carbocycles. The number of amides is 1. The topological polar surface area (TPSA) is 20.3 Å². The lowest BCUT2D eigenvalue weighted by Crippen LogP contribution is -2.45. The third-order valence-corrected chi connectivity index (χ3v) is 3.68. The van der Waals surface area contributed by atoms with E-state index in [1.54, 1.807) is 0 Å². The molecule has 0 radical (unpaired) electrons. The second-order valence-corrected chi connectivity index (χ2v) is 4.86. The minimum absolute atomic E-state index is 0.210. The van der Waals surface area contributed by atoms with Crippen molar-refractivity contribution in [2.75, 3.05) is 12.4 Å². The van der Waals surface area contributed by atoms with E-state index in [-0.39, 0.29) is 11.9 Å². The highest BCUT2D eigenvalue weighted by atomic mass is 35.5. The summed E-state index contributed by atoms with van der Waals surface area (Å²) < 4.78 is 0. The van der Waals surface area contributed by atoms with E-state index in [0.29, 0.717) is 12.3 Å². The van der Waals surface area contributed by atoms with Gasteiger partial charge in [-0.3, -0.25) is 4.79 Å². The minimum atomic E-state index is 0.210. The molecule has 1 saturated heterocycles. The average Bonchev–Trinajstić information content (AvgIpc) is 2.40. The molecule has 1 atom stereocenters. The lowest BCUT2D eigenvalue weighted by Gasteiger charge is -2.34. The molecule has 92 valence electrons. The van der Waals surface area contributed by atoms with Crippen LogP contribution in [0.25, 0.3) is 0 Å². The van der Waals surface area contributed by atoms with Gasteiger partial charge in [-0.2, -0.15) is 0 Å². The first-order valence-electron chi connectivity index (χ1n) is 6.20. The fraction of sp³-hybridized carbons (Fsp3) is 0.500. The molecule has 0 unspecified atom stereocenters. The van der Waals surface area contributed by atoms with Gasteiger partial charge in [-0.05, 0) is 24.8 Å². The molecule has 0 aliphatic carbocycles. The summed E-state index contributed by atoms with van der Waals surface area (Å²) in [6.07, 6.45) is 3.83. The Bertz CT molecular complexity index is 366. The van der Waals surface area contributed by atoms with Gasteiger partial charge in [0.1, 0.15) is 0 Å². The summed E-state index contributed by atoms with van der Waals surface area (Å²) in [5.74, 6) is 0.766. The summed E-state index contributed by atoms with van der Waals surface area (Å²) in [6.45, 7) is 0.864. The number of rotatable bonds is 3. The van der Waals surface area contributed by atoms with E-state index in [9.17, 15) is 4.79 Å². The monoisotopic (exact) mass is 251 g/mol. The van der Waals surface area contributed by atoms with E-state index in [1.165, 1.54) is 6.42 Å². The summed E-state index contributed by atoms with van der Waals surface area (Å²) in [5, 5.41) is 0. The van der Waals surface area contributed by atoms with Crippen LogP contribution in [-0.4, -0.2) is 29.3 Å². The molecule has 1 aliphatic heterocycles. The number of benzene rings is 1. The molecule has 3 heteroatoms. The Morgan fingerprint density at radius 2 is 2.06 bits per heavy atom. The predicted molar refractivity (Wildman–Crippen MR) is 70.2 cm³/mol. The van der Waals surface area contributed by atoms with Gasteiger partial charge in [0.2, 0.25) is 5.91 Å². The third kappa shape index (κ3) is 3.22. The second-order valence-electron chi connectivity index (χ2n) is 4.55. The van der Waals surface area contributed by atoms with Gasteiger partial charge in [-0.1, -0.05) is 30.3 Å². The van der Waals surface area contributed by atoms with Gasteiger partial charge in [0.05, 0.1) is 6.42 Å². The second kappa shape index (κ2) is 6.06. The molecule has 2 nitrogen and oxygen atoms in total. The zero-order chi connectivity index (χ0) is 12.1. The molecule has 1 fully saturated rings. The maximum Gasteiger partial charge on any atom is 0.227 e. The number of hydrogen-bond acceptors (Lipinski definition) is 1. The van der Waals surface area contributed by atoms with Gasteiger partial charge in [-0.15, -0.1) is 11.6 Å². The standard InChI is InChI=1S/C14H18ClNO/c15-11-13-8-4-5-9-16(13)14(17)10-12-6-2-1-3-7-12/h1-3,6-7,13H,4-5,8-11H2/t13-/m0/s1. The molecule has 1 aromatic rings.